The maximum Gasteiger partial charge on any atom is 4.00 e. The third kappa shape index (κ3) is 2.03. The van der Waals surface area contributed by atoms with E-state index in [1.165, 1.54) is 0 Å². The summed E-state index contributed by atoms with van der Waals surface area (Å²) in [4.78, 5) is 21.9. The van der Waals surface area contributed by atoms with E-state index < -0.39 is 0 Å². The topological polar surface area (TPSA) is 46.2 Å². The van der Waals surface area contributed by atoms with Gasteiger partial charge in [0.1, 0.15) is 0 Å². The van der Waals surface area contributed by atoms with Crippen LogP contribution >= 0.6 is 0 Å². The Hall–Kier alpha value is -0.551. The summed E-state index contributed by atoms with van der Waals surface area (Å²) in [6.07, 6.45) is 0. The second kappa shape index (κ2) is 4.62. The minimum absolute atomic E-state index is 0. The van der Waals surface area contributed by atoms with Crippen LogP contribution in [0.1, 0.15) is 20.7 Å². The first kappa shape index (κ1) is 12.4. The Kier molecular flexibility index (Phi) is 4.42. The zero-order chi connectivity index (χ0) is 7.84. The molecule has 3 nitrogen and oxygen atoms in total. The molecule has 0 spiro atoms. The summed E-state index contributed by atoms with van der Waals surface area (Å²) in [6, 6.07) is 6.74. The van der Waals surface area contributed by atoms with Crippen LogP contribution in [0.2, 0.25) is 0 Å². The first-order valence-corrected chi connectivity index (χ1v) is 3.24. The number of imide groups is 1. The van der Waals surface area contributed by atoms with Crippen LogP contribution in [0, 0.1) is 0 Å². The molecule has 1 N–H and O–H groups in total. The van der Waals surface area contributed by atoms with E-state index in [0.717, 1.165) is 0 Å². The number of benzene rings is 1. The van der Waals surface area contributed by atoms with Crippen LogP contribution in [-0.4, -0.2) is 35.7 Å². The Labute approximate surface area is 98.3 Å². The van der Waals surface area contributed by atoms with Gasteiger partial charge in [-0.15, -0.1) is 0 Å². The van der Waals surface area contributed by atoms with Gasteiger partial charge in [0, 0.05) is 0 Å². The van der Waals surface area contributed by atoms with Crippen molar-refractivity contribution in [2.45, 2.75) is 0 Å². The molecular weight excluding hydrogens is 296 g/mol. The van der Waals surface area contributed by atoms with Crippen LogP contribution in [0.3, 0.4) is 0 Å². The number of halogens is 1. The van der Waals surface area contributed by atoms with Gasteiger partial charge in [0.2, 0.25) is 0 Å². The van der Waals surface area contributed by atoms with E-state index in [0.29, 0.717) is 11.1 Å². The number of carbonyl (C=O) groups excluding carboxylic acids is 2. The van der Waals surface area contributed by atoms with Gasteiger partial charge in [0.05, 0.1) is 11.1 Å². The van der Waals surface area contributed by atoms with E-state index in [2.05, 4.69) is 5.32 Å². The van der Waals surface area contributed by atoms with Crippen LogP contribution in [0.25, 0.3) is 0 Å². The van der Waals surface area contributed by atoms with E-state index in [1.54, 1.807) is 24.3 Å². The molecule has 2 amide bonds. The van der Waals surface area contributed by atoms with Crippen molar-refractivity contribution >= 4 is 35.7 Å². The van der Waals surface area contributed by atoms with Crippen molar-refractivity contribution < 1.29 is 22.0 Å². The minimum Gasteiger partial charge on any atom is -1.00 e. The maximum atomic E-state index is 10.9. The largest absolute Gasteiger partial charge is 4.00 e. The molecule has 0 aromatic heterocycles. The van der Waals surface area contributed by atoms with Crippen molar-refractivity contribution in [2.75, 3.05) is 0 Å². The van der Waals surface area contributed by atoms with Gasteiger partial charge in [0.25, 0.3) is 11.8 Å². The quantitative estimate of drug-likeness (QED) is 0.415. The van der Waals surface area contributed by atoms with Crippen LogP contribution in [-0.2, 0) is 0 Å². The Morgan fingerprint density at radius 3 is 1.69 bits per heavy atom. The van der Waals surface area contributed by atoms with E-state index in [9.17, 15) is 9.59 Å². The molecule has 1 aliphatic rings. The Morgan fingerprint density at radius 1 is 0.923 bits per heavy atom. The molecule has 5 heteroatoms. The molecule has 0 unspecified atom stereocenters. The molecule has 0 saturated heterocycles. The summed E-state index contributed by atoms with van der Waals surface area (Å²) in [7, 11) is 0. The van der Waals surface area contributed by atoms with Crippen molar-refractivity contribution in [3.8, 4) is 0 Å². The fourth-order valence-electron chi connectivity index (χ4n) is 1.12. The average molecular weight is 301 g/mol. The smallest absolute Gasteiger partial charge is 1.00 e. The van der Waals surface area contributed by atoms with Gasteiger partial charge in [-0.05, 0) is 12.1 Å². The number of hydrogen-bond acceptors (Lipinski definition) is 2. The number of rotatable bonds is 0. The fraction of sp³-hybridized carbons (Fsp3) is 0. The summed E-state index contributed by atoms with van der Waals surface area (Å²) in [5.41, 5.74) is 0.940. The SMILES string of the molecule is O=C1NC(=O)c2ccccc21.[Cl-].[Sn+4]. The molecule has 62 valence electrons. The van der Waals surface area contributed by atoms with Crippen LogP contribution in [0.5, 0.6) is 0 Å². The van der Waals surface area contributed by atoms with Crippen molar-refractivity contribution in [1.82, 2.24) is 5.32 Å². The van der Waals surface area contributed by atoms with Gasteiger partial charge >= 0.3 is 23.9 Å². The molecule has 0 radical (unpaired) electrons. The summed E-state index contributed by atoms with van der Waals surface area (Å²) in [5, 5.41) is 2.20. The maximum absolute atomic E-state index is 10.9. The number of nitrogens with one attached hydrogen (secondary N) is 1. The van der Waals surface area contributed by atoms with Gasteiger partial charge in [0.15, 0.2) is 0 Å². The van der Waals surface area contributed by atoms with Gasteiger partial charge in [-0.2, -0.15) is 0 Å². The summed E-state index contributed by atoms with van der Waals surface area (Å²) < 4.78 is 0. The van der Waals surface area contributed by atoms with E-state index in [-0.39, 0.29) is 48.1 Å². The predicted molar refractivity (Wildman–Crippen MR) is 44.0 cm³/mol. The van der Waals surface area contributed by atoms with Gasteiger partial charge in [-0.25, -0.2) is 0 Å². The first-order valence-electron chi connectivity index (χ1n) is 3.24. The van der Waals surface area contributed by atoms with Crippen LogP contribution in [0.4, 0.5) is 0 Å². The molecule has 1 aliphatic heterocycles. The molecule has 0 aliphatic carbocycles. The number of amides is 2. The zero-order valence-corrected chi connectivity index (χ0v) is 10.1. The van der Waals surface area contributed by atoms with Crippen molar-refractivity contribution in [2.24, 2.45) is 0 Å². The second-order valence-electron chi connectivity index (χ2n) is 2.33. The normalized spacial score (nSPS) is 12.3. The molecule has 1 aromatic carbocycles. The van der Waals surface area contributed by atoms with Crippen molar-refractivity contribution in [3.63, 3.8) is 0 Å². The van der Waals surface area contributed by atoms with Crippen molar-refractivity contribution in [1.29, 1.82) is 0 Å². The third-order valence-corrected chi connectivity index (χ3v) is 1.64. The summed E-state index contributed by atoms with van der Waals surface area (Å²) in [6.45, 7) is 0. The monoisotopic (exact) mass is 302 g/mol. The molecular formula is C8H5ClNO2Sn+3. The van der Waals surface area contributed by atoms with Crippen molar-refractivity contribution in [3.05, 3.63) is 35.4 Å². The number of carbonyl (C=O) groups is 2. The van der Waals surface area contributed by atoms with E-state index in [4.69, 9.17) is 0 Å². The van der Waals surface area contributed by atoms with Crippen LogP contribution < -0.4 is 17.7 Å². The predicted octanol–water partition coefficient (Wildman–Crippen LogP) is -2.81. The molecule has 1 heterocycles. The third-order valence-electron chi connectivity index (χ3n) is 1.64. The average Bonchev–Trinajstić information content (AvgIpc) is 2.30. The Bertz CT molecular complexity index is 321. The Morgan fingerprint density at radius 2 is 1.31 bits per heavy atom. The Balaban J connectivity index is 0.000000720. The standard InChI is InChI=1S/C8H5NO2.ClH.Sn/c10-7-5-3-1-2-4-6(5)8(11)9-7;;/h1-4H,(H,9,10,11);1H;/q;;+4/p-1. The fourth-order valence-corrected chi connectivity index (χ4v) is 1.12. The molecule has 0 fully saturated rings. The van der Waals surface area contributed by atoms with Gasteiger partial charge in [-0.1, -0.05) is 12.1 Å². The first-order chi connectivity index (χ1) is 5.29. The second-order valence-corrected chi connectivity index (χ2v) is 2.33. The summed E-state index contributed by atoms with van der Waals surface area (Å²) in [5.74, 6) is -0.601. The molecule has 1 aromatic rings. The molecule has 2 rings (SSSR count). The molecule has 0 saturated carbocycles. The number of hydrogen-bond donors (Lipinski definition) is 1. The minimum atomic E-state index is -0.300. The number of fused-ring (bicyclic) bond motifs is 1. The zero-order valence-electron chi connectivity index (χ0n) is 6.50. The van der Waals surface area contributed by atoms with E-state index >= 15 is 0 Å². The summed E-state index contributed by atoms with van der Waals surface area (Å²) >= 11 is 0. The van der Waals surface area contributed by atoms with Crippen LogP contribution in [0.15, 0.2) is 24.3 Å². The van der Waals surface area contributed by atoms with Gasteiger partial charge < -0.3 is 12.4 Å². The molecule has 13 heavy (non-hydrogen) atoms. The molecule has 0 atom stereocenters. The van der Waals surface area contributed by atoms with Gasteiger partial charge in [-0.3, -0.25) is 14.9 Å². The van der Waals surface area contributed by atoms with E-state index in [1.807, 2.05) is 0 Å². The molecule has 0 bridgehead atoms.